The number of phenolic OH excluding ortho intramolecular Hbond substituents is 1. The normalized spacial score (nSPS) is 12.5. The molecule has 0 bridgehead atoms. The Balaban J connectivity index is 1.76. The van der Waals surface area contributed by atoms with Crippen molar-refractivity contribution in [2.24, 2.45) is 0 Å². The van der Waals surface area contributed by atoms with Crippen LogP contribution in [0.15, 0.2) is 42.5 Å². The van der Waals surface area contributed by atoms with E-state index in [0.29, 0.717) is 23.0 Å². The van der Waals surface area contributed by atoms with Crippen LogP contribution < -0.4 is 15.2 Å². The van der Waals surface area contributed by atoms with E-state index in [2.05, 4.69) is 10.3 Å². The molecular formula is C15H12N4O3. The molecule has 0 aliphatic carbocycles. The van der Waals surface area contributed by atoms with Crippen molar-refractivity contribution in [3.05, 3.63) is 42.5 Å². The van der Waals surface area contributed by atoms with E-state index in [1.165, 1.54) is 4.68 Å². The second-order valence-electron chi connectivity index (χ2n) is 4.82. The molecule has 0 radical (unpaired) electrons. The number of hydrogen-bond donors (Lipinski definition) is 2. The Morgan fingerprint density at radius 2 is 1.82 bits per heavy atom. The SMILES string of the molecule is Nc1c(-c2ccc3c(c2)OCO3)nnn1-c1ccc(O)cc1. The highest BCUT2D eigenvalue weighted by atomic mass is 16.7. The predicted molar refractivity (Wildman–Crippen MR) is 79.0 cm³/mol. The number of ether oxygens (including phenoxy) is 2. The molecule has 0 fully saturated rings. The van der Waals surface area contributed by atoms with Crippen molar-refractivity contribution in [3.8, 4) is 34.2 Å². The molecule has 110 valence electrons. The maximum atomic E-state index is 9.34. The Hall–Kier alpha value is -3.22. The number of nitrogens with zero attached hydrogens (tertiary/aromatic N) is 3. The number of benzene rings is 2. The minimum Gasteiger partial charge on any atom is -0.508 e. The molecule has 22 heavy (non-hydrogen) atoms. The third kappa shape index (κ3) is 1.91. The van der Waals surface area contributed by atoms with Gasteiger partial charge in [-0.25, -0.2) is 0 Å². The second kappa shape index (κ2) is 4.66. The van der Waals surface area contributed by atoms with E-state index in [1.807, 2.05) is 18.2 Å². The first kappa shape index (κ1) is 12.5. The molecule has 7 heteroatoms. The summed E-state index contributed by atoms with van der Waals surface area (Å²) in [7, 11) is 0. The third-order valence-electron chi connectivity index (χ3n) is 3.45. The van der Waals surface area contributed by atoms with Crippen LogP contribution in [0.1, 0.15) is 0 Å². The zero-order chi connectivity index (χ0) is 15.1. The largest absolute Gasteiger partial charge is 0.508 e. The number of aromatic nitrogens is 3. The van der Waals surface area contributed by atoms with Crippen molar-refractivity contribution in [3.63, 3.8) is 0 Å². The minimum atomic E-state index is 0.179. The molecule has 0 spiro atoms. The van der Waals surface area contributed by atoms with Gasteiger partial charge in [0.2, 0.25) is 6.79 Å². The molecule has 7 nitrogen and oxygen atoms in total. The van der Waals surface area contributed by atoms with Crippen LogP contribution in [-0.2, 0) is 0 Å². The molecule has 0 saturated heterocycles. The molecule has 0 atom stereocenters. The molecule has 2 heterocycles. The molecule has 1 aromatic heterocycles. The predicted octanol–water partition coefficient (Wildman–Crippen LogP) is 1.95. The lowest BCUT2D eigenvalue weighted by Gasteiger charge is -2.04. The molecule has 3 N–H and O–H groups in total. The molecule has 0 amide bonds. The van der Waals surface area contributed by atoms with Crippen molar-refractivity contribution < 1.29 is 14.6 Å². The van der Waals surface area contributed by atoms with Gasteiger partial charge in [0, 0.05) is 5.56 Å². The van der Waals surface area contributed by atoms with Crippen molar-refractivity contribution in [1.29, 1.82) is 0 Å². The molecule has 3 aromatic rings. The standard InChI is InChI=1S/C15H12N4O3/c16-15-14(9-1-6-12-13(7-9)22-8-21-12)17-18-19(15)10-2-4-11(20)5-3-10/h1-7,20H,8,16H2. The van der Waals surface area contributed by atoms with Gasteiger partial charge in [-0.05, 0) is 42.5 Å². The van der Waals surface area contributed by atoms with Gasteiger partial charge in [-0.1, -0.05) is 5.21 Å². The van der Waals surface area contributed by atoms with Crippen LogP contribution in [0.4, 0.5) is 5.82 Å². The lowest BCUT2D eigenvalue weighted by molar-refractivity contribution is 0.174. The number of nitrogens with two attached hydrogens (primary N) is 1. The lowest BCUT2D eigenvalue weighted by Crippen LogP contribution is -2.02. The first-order valence-corrected chi connectivity index (χ1v) is 6.63. The second-order valence-corrected chi connectivity index (χ2v) is 4.82. The Bertz CT molecular complexity index is 842. The van der Waals surface area contributed by atoms with Crippen LogP contribution in [-0.4, -0.2) is 26.9 Å². The number of rotatable bonds is 2. The van der Waals surface area contributed by atoms with E-state index in [4.69, 9.17) is 15.2 Å². The molecule has 1 aliphatic rings. The highest BCUT2D eigenvalue weighted by Gasteiger charge is 2.18. The fourth-order valence-corrected chi connectivity index (χ4v) is 2.32. The summed E-state index contributed by atoms with van der Waals surface area (Å²) < 4.78 is 12.2. The molecule has 2 aromatic carbocycles. The Morgan fingerprint density at radius 1 is 1.05 bits per heavy atom. The molecule has 1 aliphatic heterocycles. The van der Waals surface area contributed by atoms with Gasteiger partial charge in [-0.15, -0.1) is 5.10 Å². The van der Waals surface area contributed by atoms with E-state index in [-0.39, 0.29) is 12.5 Å². The average molecular weight is 296 g/mol. The quantitative estimate of drug-likeness (QED) is 0.750. The average Bonchev–Trinajstić information content (AvgIpc) is 3.14. The summed E-state index contributed by atoms with van der Waals surface area (Å²) in [5.74, 6) is 1.95. The van der Waals surface area contributed by atoms with Crippen molar-refractivity contribution >= 4 is 5.82 Å². The van der Waals surface area contributed by atoms with Gasteiger partial charge in [-0.3, -0.25) is 0 Å². The molecular weight excluding hydrogens is 284 g/mol. The molecule has 0 unspecified atom stereocenters. The van der Waals surface area contributed by atoms with Gasteiger partial charge >= 0.3 is 0 Å². The van der Waals surface area contributed by atoms with Crippen LogP contribution in [0.3, 0.4) is 0 Å². The molecule has 0 saturated carbocycles. The summed E-state index contributed by atoms with van der Waals surface area (Å²) in [4.78, 5) is 0. The van der Waals surface area contributed by atoms with Gasteiger partial charge in [0.15, 0.2) is 17.3 Å². The van der Waals surface area contributed by atoms with Gasteiger partial charge < -0.3 is 20.3 Å². The van der Waals surface area contributed by atoms with Crippen molar-refractivity contribution in [2.45, 2.75) is 0 Å². The van der Waals surface area contributed by atoms with Crippen LogP contribution >= 0.6 is 0 Å². The van der Waals surface area contributed by atoms with Crippen molar-refractivity contribution in [1.82, 2.24) is 15.0 Å². The Morgan fingerprint density at radius 3 is 2.64 bits per heavy atom. The highest BCUT2D eigenvalue weighted by Crippen LogP contribution is 2.36. The fourth-order valence-electron chi connectivity index (χ4n) is 2.32. The van der Waals surface area contributed by atoms with Gasteiger partial charge in [-0.2, -0.15) is 4.68 Å². The summed E-state index contributed by atoms with van der Waals surface area (Å²) in [6.07, 6.45) is 0. The third-order valence-corrected chi connectivity index (χ3v) is 3.45. The van der Waals surface area contributed by atoms with E-state index in [1.54, 1.807) is 24.3 Å². The summed E-state index contributed by atoms with van der Waals surface area (Å²) in [5.41, 5.74) is 8.23. The fraction of sp³-hybridized carbons (Fsp3) is 0.0667. The Labute approximate surface area is 125 Å². The van der Waals surface area contributed by atoms with E-state index in [0.717, 1.165) is 11.3 Å². The van der Waals surface area contributed by atoms with Gasteiger partial charge in [0.1, 0.15) is 11.4 Å². The maximum Gasteiger partial charge on any atom is 0.231 e. The van der Waals surface area contributed by atoms with Gasteiger partial charge in [0.25, 0.3) is 0 Å². The summed E-state index contributed by atoms with van der Waals surface area (Å²) in [6.45, 7) is 0.217. The Kier molecular flexibility index (Phi) is 2.65. The van der Waals surface area contributed by atoms with Crippen LogP contribution in [0.2, 0.25) is 0 Å². The monoisotopic (exact) mass is 296 g/mol. The van der Waals surface area contributed by atoms with Crippen LogP contribution in [0, 0.1) is 0 Å². The minimum absolute atomic E-state index is 0.179. The zero-order valence-corrected chi connectivity index (χ0v) is 11.4. The summed E-state index contributed by atoms with van der Waals surface area (Å²) >= 11 is 0. The number of hydrogen-bond acceptors (Lipinski definition) is 6. The maximum absolute atomic E-state index is 9.34. The van der Waals surface area contributed by atoms with E-state index < -0.39 is 0 Å². The first-order chi connectivity index (χ1) is 10.7. The highest BCUT2D eigenvalue weighted by molar-refractivity contribution is 5.73. The number of aromatic hydroxyl groups is 1. The number of fused-ring (bicyclic) bond motifs is 1. The van der Waals surface area contributed by atoms with Gasteiger partial charge in [0.05, 0.1) is 5.69 Å². The lowest BCUT2D eigenvalue weighted by atomic mass is 10.1. The number of anilines is 1. The summed E-state index contributed by atoms with van der Waals surface area (Å²) in [6, 6.07) is 12.1. The van der Waals surface area contributed by atoms with Crippen LogP contribution in [0.25, 0.3) is 16.9 Å². The topological polar surface area (TPSA) is 95.4 Å². The smallest absolute Gasteiger partial charge is 0.231 e. The van der Waals surface area contributed by atoms with Crippen LogP contribution in [0.5, 0.6) is 17.2 Å². The summed E-state index contributed by atoms with van der Waals surface area (Å²) in [5, 5.41) is 17.6. The van der Waals surface area contributed by atoms with E-state index in [9.17, 15) is 5.11 Å². The van der Waals surface area contributed by atoms with E-state index >= 15 is 0 Å². The molecule has 4 rings (SSSR count). The number of phenols is 1. The van der Waals surface area contributed by atoms with Crippen molar-refractivity contribution in [2.75, 3.05) is 12.5 Å². The first-order valence-electron chi connectivity index (χ1n) is 6.63. The number of nitrogen functional groups attached to an aromatic ring is 1. The zero-order valence-electron chi connectivity index (χ0n) is 11.4.